The fraction of sp³-hybridized carbons (Fsp3) is 0.333. The topological polar surface area (TPSA) is 87.1 Å². The molecule has 1 aromatic heterocycles. The van der Waals surface area contributed by atoms with Crippen molar-refractivity contribution in [1.29, 1.82) is 0 Å². The summed E-state index contributed by atoms with van der Waals surface area (Å²) in [6.45, 7) is 4.61. The highest BCUT2D eigenvalue weighted by Gasteiger charge is 2.17. The molecular formula is C21H24N3O5+. The quantitative estimate of drug-likeness (QED) is 0.623. The van der Waals surface area contributed by atoms with Gasteiger partial charge in [0.2, 0.25) is 6.79 Å². The summed E-state index contributed by atoms with van der Waals surface area (Å²) in [5.41, 5.74) is 1.53. The highest BCUT2D eigenvalue weighted by molar-refractivity contribution is 5.81. The lowest BCUT2D eigenvalue weighted by molar-refractivity contribution is -0.926. The number of benzene rings is 2. The van der Waals surface area contributed by atoms with Crippen LogP contribution in [0.25, 0.3) is 10.9 Å². The molecular weight excluding hydrogens is 374 g/mol. The Bertz CT molecular complexity index is 1100. The van der Waals surface area contributed by atoms with Crippen molar-refractivity contribution in [3.63, 3.8) is 0 Å². The Morgan fingerprint density at radius 3 is 2.59 bits per heavy atom. The number of hydrogen-bond donors (Lipinski definition) is 2. The van der Waals surface area contributed by atoms with Crippen LogP contribution in [0.15, 0.2) is 35.1 Å². The van der Waals surface area contributed by atoms with E-state index < -0.39 is 0 Å². The van der Waals surface area contributed by atoms with Gasteiger partial charge in [0.15, 0.2) is 28.8 Å². The number of nitrogens with zero attached hydrogens (tertiary/aromatic N) is 1. The van der Waals surface area contributed by atoms with E-state index in [0.29, 0.717) is 34.8 Å². The highest BCUT2D eigenvalue weighted by atomic mass is 16.7. The normalized spacial score (nSPS) is 13.5. The molecule has 2 aromatic carbocycles. The summed E-state index contributed by atoms with van der Waals surface area (Å²) < 4.78 is 21.5. The minimum absolute atomic E-state index is 0.190. The fourth-order valence-electron chi connectivity index (χ4n) is 3.49. The smallest absolute Gasteiger partial charge is 0.259 e. The van der Waals surface area contributed by atoms with Gasteiger partial charge in [-0.25, -0.2) is 4.98 Å². The Kier molecular flexibility index (Phi) is 5.26. The maximum Gasteiger partial charge on any atom is 0.259 e. The summed E-state index contributed by atoms with van der Waals surface area (Å²) >= 11 is 0. The zero-order valence-electron chi connectivity index (χ0n) is 16.7. The first-order valence-corrected chi connectivity index (χ1v) is 9.48. The van der Waals surface area contributed by atoms with Crippen molar-refractivity contribution in [1.82, 2.24) is 9.97 Å². The molecule has 0 saturated carbocycles. The molecule has 0 radical (unpaired) electrons. The lowest BCUT2D eigenvalue weighted by Gasteiger charge is -2.17. The third kappa shape index (κ3) is 3.84. The summed E-state index contributed by atoms with van der Waals surface area (Å²) in [4.78, 5) is 21.4. The number of aromatic amines is 1. The van der Waals surface area contributed by atoms with Gasteiger partial charge in [-0.05, 0) is 31.2 Å². The van der Waals surface area contributed by atoms with Crippen molar-refractivity contribution in [3.05, 3.63) is 52.1 Å². The number of H-pyrrole nitrogens is 1. The Morgan fingerprint density at radius 2 is 1.83 bits per heavy atom. The van der Waals surface area contributed by atoms with Crippen molar-refractivity contribution >= 4 is 10.9 Å². The number of ether oxygens (including phenoxy) is 4. The summed E-state index contributed by atoms with van der Waals surface area (Å²) in [5, 5.41) is 0.472. The van der Waals surface area contributed by atoms with Crippen molar-refractivity contribution < 1.29 is 23.8 Å². The van der Waals surface area contributed by atoms with Crippen LogP contribution in [0.5, 0.6) is 23.0 Å². The van der Waals surface area contributed by atoms with Crippen LogP contribution < -0.4 is 29.4 Å². The van der Waals surface area contributed by atoms with Crippen LogP contribution in [0.1, 0.15) is 18.3 Å². The van der Waals surface area contributed by atoms with Gasteiger partial charge in [-0.15, -0.1) is 0 Å². The summed E-state index contributed by atoms with van der Waals surface area (Å²) in [5.74, 6) is 3.23. The predicted octanol–water partition coefficient (Wildman–Crippen LogP) is 1.27. The maximum absolute atomic E-state index is 12.6. The van der Waals surface area contributed by atoms with Gasteiger partial charge in [-0.2, -0.15) is 0 Å². The van der Waals surface area contributed by atoms with E-state index in [1.165, 1.54) is 12.0 Å². The molecule has 3 aromatic rings. The van der Waals surface area contributed by atoms with Gasteiger partial charge >= 0.3 is 0 Å². The molecule has 0 saturated heterocycles. The van der Waals surface area contributed by atoms with Gasteiger partial charge in [0.25, 0.3) is 5.56 Å². The number of fused-ring (bicyclic) bond motifs is 2. The SMILES string of the molecule is CC[NH+](Cc1ccc2c(c1)OCO2)Cc1nc2cc(OC)c(OC)cc2c(=O)[nH]1. The molecule has 0 amide bonds. The van der Waals surface area contributed by atoms with E-state index in [4.69, 9.17) is 18.9 Å². The first kappa shape index (κ1) is 19.1. The first-order valence-electron chi connectivity index (χ1n) is 9.48. The second-order valence-corrected chi connectivity index (χ2v) is 6.88. The number of methoxy groups -OCH3 is 2. The second kappa shape index (κ2) is 8.00. The third-order valence-electron chi connectivity index (χ3n) is 5.07. The number of hydrogen-bond acceptors (Lipinski definition) is 6. The number of nitrogens with one attached hydrogen (secondary N) is 2. The van der Waals surface area contributed by atoms with Gasteiger partial charge in [-0.3, -0.25) is 4.79 Å². The molecule has 8 heteroatoms. The number of rotatable bonds is 7. The molecule has 29 heavy (non-hydrogen) atoms. The van der Waals surface area contributed by atoms with Gasteiger partial charge in [0, 0.05) is 11.6 Å². The molecule has 8 nitrogen and oxygen atoms in total. The lowest BCUT2D eigenvalue weighted by Crippen LogP contribution is -3.09. The predicted molar refractivity (Wildman–Crippen MR) is 107 cm³/mol. The van der Waals surface area contributed by atoms with E-state index >= 15 is 0 Å². The first-order chi connectivity index (χ1) is 14.1. The van der Waals surface area contributed by atoms with E-state index in [2.05, 4.69) is 16.9 Å². The molecule has 1 aliphatic heterocycles. The second-order valence-electron chi connectivity index (χ2n) is 6.88. The zero-order valence-corrected chi connectivity index (χ0v) is 16.7. The molecule has 0 spiro atoms. The van der Waals surface area contributed by atoms with E-state index in [1.54, 1.807) is 19.2 Å². The van der Waals surface area contributed by atoms with E-state index in [-0.39, 0.29) is 12.4 Å². The van der Waals surface area contributed by atoms with Crippen LogP contribution in [0.2, 0.25) is 0 Å². The van der Waals surface area contributed by atoms with Gasteiger partial charge in [-0.1, -0.05) is 0 Å². The van der Waals surface area contributed by atoms with Crippen molar-refractivity contribution in [2.75, 3.05) is 27.6 Å². The molecule has 1 atom stereocenters. The minimum Gasteiger partial charge on any atom is -0.493 e. The Hall–Kier alpha value is -3.26. The molecule has 152 valence electrons. The Morgan fingerprint density at radius 1 is 1.07 bits per heavy atom. The monoisotopic (exact) mass is 398 g/mol. The van der Waals surface area contributed by atoms with E-state index in [9.17, 15) is 4.79 Å². The molecule has 2 N–H and O–H groups in total. The molecule has 0 bridgehead atoms. The summed E-state index contributed by atoms with van der Waals surface area (Å²) in [6.07, 6.45) is 0. The van der Waals surface area contributed by atoms with Crippen LogP contribution in [-0.4, -0.2) is 37.5 Å². The molecule has 0 aliphatic carbocycles. The standard InChI is InChI=1S/C21H23N3O5/c1-4-24(10-13-5-6-16-19(7-13)29-12-28-16)11-20-22-15-9-18(27-3)17(26-2)8-14(15)21(25)23-20/h5-9H,4,10-12H2,1-3H3,(H,22,23,25)/p+1. The highest BCUT2D eigenvalue weighted by Crippen LogP contribution is 2.32. The Balaban J connectivity index is 1.59. The molecule has 1 unspecified atom stereocenters. The minimum atomic E-state index is -0.190. The average Bonchev–Trinajstić information content (AvgIpc) is 3.20. The van der Waals surface area contributed by atoms with Gasteiger partial charge in [0.1, 0.15) is 13.1 Å². The molecule has 4 rings (SSSR count). The van der Waals surface area contributed by atoms with Crippen molar-refractivity contribution in [2.45, 2.75) is 20.0 Å². The number of quaternary nitrogens is 1. The van der Waals surface area contributed by atoms with Gasteiger partial charge in [0.05, 0.1) is 31.7 Å². The van der Waals surface area contributed by atoms with Crippen molar-refractivity contribution in [3.8, 4) is 23.0 Å². The summed E-state index contributed by atoms with van der Waals surface area (Å²) in [7, 11) is 3.10. The Labute approximate surface area is 168 Å². The fourth-order valence-corrected chi connectivity index (χ4v) is 3.49. The van der Waals surface area contributed by atoms with Crippen LogP contribution in [0.4, 0.5) is 0 Å². The van der Waals surface area contributed by atoms with Crippen LogP contribution in [-0.2, 0) is 13.1 Å². The van der Waals surface area contributed by atoms with Crippen molar-refractivity contribution in [2.24, 2.45) is 0 Å². The number of aromatic nitrogens is 2. The van der Waals surface area contributed by atoms with E-state index in [1.807, 2.05) is 18.2 Å². The maximum atomic E-state index is 12.6. The molecule has 0 fully saturated rings. The van der Waals surface area contributed by atoms with Crippen LogP contribution in [0.3, 0.4) is 0 Å². The third-order valence-corrected chi connectivity index (χ3v) is 5.07. The molecule has 1 aliphatic rings. The van der Waals surface area contributed by atoms with E-state index in [0.717, 1.165) is 30.2 Å². The van der Waals surface area contributed by atoms with Gasteiger partial charge < -0.3 is 28.8 Å². The zero-order chi connectivity index (χ0) is 20.4. The largest absolute Gasteiger partial charge is 0.493 e. The van der Waals surface area contributed by atoms with Crippen LogP contribution in [0, 0.1) is 0 Å². The lowest BCUT2D eigenvalue weighted by atomic mass is 10.2. The molecule has 2 heterocycles. The average molecular weight is 398 g/mol. The van der Waals surface area contributed by atoms with Crippen LogP contribution >= 0.6 is 0 Å². The summed E-state index contributed by atoms with van der Waals surface area (Å²) in [6, 6.07) is 9.36.